The van der Waals surface area contributed by atoms with E-state index < -0.39 is 46.9 Å². The third-order valence-corrected chi connectivity index (χ3v) is 7.29. The van der Waals surface area contributed by atoms with Crippen LogP contribution in [0.2, 0.25) is 10.0 Å². The summed E-state index contributed by atoms with van der Waals surface area (Å²) >= 11 is 11.9. The first kappa shape index (κ1) is 22.8. The summed E-state index contributed by atoms with van der Waals surface area (Å²) in [6.45, 7) is -0.132. The minimum atomic E-state index is -1.44. The lowest BCUT2D eigenvalue weighted by molar-refractivity contribution is -0.142. The monoisotopic (exact) mass is 480 g/mol. The van der Waals surface area contributed by atoms with Crippen LogP contribution in [0.1, 0.15) is 42.2 Å². The summed E-state index contributed by atoms with van der Waals surface area (Å²) in [5.41, 5.74) is -0.325. The van der Waals surface area contributed by atoms with Crippen molar-refractivity contribution in [2.45, 2.75) is 43.2 Å². The predicted molar refractivity (Wildman–Crippen MR) is 114 cm³/mol. The summed E-state index contributed by atoms with van der Waals surface area (Å²) in [5.74, 6) is -4.78. The zero-order chi connectivity index (χ0) is 23.2. The lowest BCUT2D eigenvalue weighted by Crippen LogP contribution is -2.40. The van der Waals surface area contributed by atoms with Crippen LogP contribution in [0.15, 0.2) is 36.4 Å². The van der Waals surface area contributed by atoms with Gasteiger partial charge >= 0.3 is 5.97 Å². The molecule has 2 fully saturated rings. The molecule has 0 amide bonds. The number of carboxylic acid groups (broad SMARTS) is 1. The number of aliphatic hydroxyl groups is 1. The standard InChI is InChI=1S/C23H20Cl2F2N2O3/c24-12-4-5-13(16(26)8-12)18-17(9-23(10-30)6-7-23)29(11-28)21(22(31)32)19(18)14-2-1-3-15(25)20(14)27/h1-5,8,17-19,21,30H,6-7,9-10H2,(H,31,32)/t17-,18+,19+,21+/m0/s1. The van der Waals surface area contributed by atoms with Crippen molar-refractivity contribution in [3.05, 3.63) is 69.2 Å². The second-order valence-corrected chi connectivity index (χ2v) is 9.42. The summed E-state index contributed by atoms with van der Waals surface area (Å²) < 4.78 is 30.3. The van der Waals surface area contributed by atoms with E-state index in [-0.39, 0.29) is 34.2 Å². The van der Waals surface area contributed by atoms with Gasteiger partial charge in [0.2, 0.25) is 0 Å². The highest BCUT2D eigenvalue weighted by molar-refractivity contribution is 6.31. The number of aliphatic hydroxyl groups excluding tert-OH is 1. The van der Waals surface area contributed by atoms with E-state index >= 15 is 8.78 Å². The Hall–Kier alpha value is -2.40. The molecule has 2 aromatic rings. The van der Waals surface area contributed by atoms with Gasteiger partial charge in [0.1, 0.15) is 17.7 Å². The molecule has 168 valence electrons. The minimum absolute atomic E-state index is 0.000783. The average Bonchev–Trinajstić information content (AvgIpc) is 3.45. The van der Waals surface area contributed by atoms with E-state index in [0.29, 0.717) is 12.8 Å². The largest absolute Gasteiger partial charge is 0.480 e. The maximum Gasteiger partial charge on any atom is 0.327 e. The molecule has 32 heavy (non-hydrogen) atoms. The van der Waals surface area contributed by atoms with Crippen molar-refractivity contribution in [3.8, 4) is 6.19 Å². The smallest absolute Gasteiger partial charge is 0.327 e. The highest BCUT2D eigenvalue weighted by atomic mass is 35.5. The molecule has 4 rings (SSSR count). The fraction of sp³-hybridized carbons (Fsp3) is 0.391. The van der Waals surface area contributed by atoms with Crippen LogP contribution in [0.4, 0.5) is 8.78 Å². The molecule has 5 nitrogen and oxygen atoms in total. The average molecular weight is 481 g/mol. The van der Waals surface area contributed by atoms with E-state index in [0.717, 1.165) is 11.0 Å². The van der Waals surface area contributed by atoms with Crippen molar-refractivity contribution >= 4 is 29.2 Å². The van der Waals surface area contributed by atoms with Gasteiger partial charge in [0, 0.05) is 29.5 Å². The Labute approximate surface area is 193 Å². The van der Waals surface area contributed by atoms with Crippen LogP contribution >= 0.6 is 23.2 Å². The van der Waals surface area contributed by atoms with E-state index in [4.69, 9.17) is 23.2 Å². The SMILES string of the molecule is N#CN1[C@@H](CC2(CO)CC2)[C@@H](c2ccc(Cl)cc2F)[C@@H](c2cccc(Cl)c2F)[C@@H]1C(=O)O. The van der Waals surface area contributed by atoms with Crippen LogP contribution in [0.25, 0.3) is 0 Å². The Morgan fingerprint density at radius 3 is 2.47 bits per heavy atom. The molecule has 0 spiro atoms. The van der Waals surface area contributed by atoms with E-state index in [1.165, 1.54) is 30.3 Å². The normalized spacial score (nSPS) is 26.1. The Morgan fingerprint density at radius 1 is 1.19 bits per heavy atom. The fourth-order valence-corrected chi connectivity index (χ4v) is 5.32. The number of hydrogen-bond acceptors (Lipinski definition) is 4. The summed E-state index contributed by atoms with van der Waals surface area (Å²) in [5, 5.41) is 29.8. The summed E-state index contributed by atoms with van der Waals surface area (Å²) in [4.78, 5) is 13.5. The molecule has 9 heteroatoms. The topological polar surface area (TPSA) is 84.6 Å². The maximum atomic E-state index is 15.1. The summed E-state index contributed by atoms with van der Waals surface area (Å²) in [6, 6.07) is 6.09. The number of aliphatic carboxylic acids is 1. The molecular weight excluding hydrogens is 461 g/mol. The third kappa shape index (κ3) is 3.81. The molecule has 4 atom stereocenters. The number of carboxylic acids is 1. The molecule has 1 aliphatic heterocycles. The lowest BCUT2D eigenvalue weighted by atomic mass is 9.75. The van der Waals surface area contributed by atoms with E-state index in [1.54, 1.807) is 0 Å². The first-order valence-electron chi connectivity index (χ1n) is 10.1. The molecular formula is C23H20Cl2F2N2O3. The van der Waals surface area contributed by atoms with Crippen LogP contribution in [-0.4, -0.2) is 39.8 Å². The number of nitriles is 1. The Balaban J connectivity index is 1.95. The van der Waals surface area contributed by atoms with Gasteiger partial charge in [-0.3, -0.25) is 4.90 Å². The van der Waals surface area contributed by atoms with Crippen LogP contribution < -0.4 is 0 Å². The molecule has 0 aromatic heterocycles. The van der Waals surface area contributed by atoms with E-state index in [9.17, 15) is 20.3 Å². The van der Waals surface area contributed by atoms with Gasteiger partial charge in [-0.05, 0) is 54.0 Å². The summed E-state index contributed by atoms with van der Waals surface area (Å²) in [7, 11) is 0. The highest BCUT2D eigenvalue weighted by Gasteiger charge is 2.58. The van der Waals surface area contributed by atoms with Crippen LogP contribution in [0, 0.1) is 28.5 Å². The number of nitrogens with zero attached hydrogens (tertiary/aromatic N) is 2. The Morgan fingerprint density at radius 2 is 1.91 bits per heavy atom. The van der Waals surface area contributed by atoms with Gasteiger partial charge in [0.15, 0.2) is 6.19 Å². The number of likely N-dealkylation sites (tertiary alicyclic amines) is 1. The molecule has 1 heterocycles. The van der Waals surface area contributed by atoms with E-state index in [2.05, 4.69) is 0 Å². The van der Waals surface area contributed by atoms with Gasteiger partial charge in [-0.2, -0.15) is 5.26 Å². The summed E-state index contributed by atoms with van der Waals surface area (Å²) in [6.07, 6.45) is 3.64. The number of benzene rings is 2. The predicted octanol–water partition coefficient (Wildman–Crippen LogP) is 4.92. The van der Waals surface area contributed by atoms with Crippen molar-refractivity contribution in [3.63, 3.8) is 0 Å². The highest BCUT2D eigenvalue weighted by Crippen LogP contribution is 2.57. The van der Waals surface area contributed by atoms with Gasteiger partial charge < -0.3 is 10.2 Å². The third-order valence-electron chi connectivity index (χ3n) is 6.76. The quantitative estimate of drug-likeness (QED) is 0.573. The van der Waals surface area contributed by atoms with Gasteiger partial charge in [-0.15, -0.1) is 0 Å². The van der Waals surface area contributed by atoms with Gasteiger partial charge in [-0.1, -0.05) is 41.4 Å². The van der Waals surface area contributed by atoms with Crippen molar-refractivity contribution in [1.29, 1.82) is 5.26 Å². The van der Waals surface area contributed by atoms with Crippen LogP contribution in [0.3, 0.4) is 0 Å². The van der Waals surface area contributed by atoms with E-state index in [1.807, 2.05) is 6.19 Å². The minimum Gasteiger partial charge on any atom is -0.480 e. The zero-order valence-corrected chi connectivity index (χ0v) is 18.3. The fourth-order valence-electron chi connectivity index (χ4n) is 4.98. The number of halogens is 4. The molecule has 1 aliphatic carbocycles. The molecule has 1 saturated heterocycles. The van der Waals surface area contributed by atoms with Crippen molar-refractivity contribution < 1.29 is 23.8 Å². The number of rotatable bonds is 6. The second-order valence-electron chi connectivity index (χ2n) is 8.58. The van der Waals surface area contributed by atoms with Crippen molar-refractivity contribution in [2.24, 2.45) is 5.41 Å². The number of hydrogen-bond donors (Lipinski definition) is 2. The Kier molecular flexibility index (Phi) is 6.06. The number of carbonyl (C=O) groups is 1. The van der Waals surface area contributed by atoms with Crippen molar-refractivity contribution in [2.75, 3.05) is 6.61 Å². The molecule has 1 saturated carbocycles. The maximum absolute atomic E-state index is 15.1. The molecule has 2 N–H and O–H groups in total. The molecule has 0 bridgehead atoms. The first-order valence-corrected chi connectivity index (χ1v) is 10.9. The lowest BCUT2D eigenvalue weighted by Gasteiger charge is -2.29. The second kappa shape index (κ2) is 8.51. The van der Waals surface area contributed by atoms with Crippen LogP contribution in [0.5, 0.6) is 0 Å². The van der Waals surface area contributed by atoms with Gasteiger partial charge in [0.25, 0.3) is 0 Å². The van der Waals surface area contributed by atoms with Crippen molar-refractivity contribution in [1.82, 2.24) is 4.90 Å². The van der Waals surface area contributed by atoms with Gasteiger partial charge in [-0.25, -0.2) is 13.6 Å². The van der Waals surface area contributed by atoms with Gasteiger partial charge in [0.05, 0.1) is 5.02 Å². The molecule has 0 unspecified atom stereocenters. The molecule has 2 aromatic carbocycles. The zero-order valence-electron chi connectivity index (χ0n) is 16.8. The molecule has 2 aliphatic rings. The first-order chi connectivity index (χ1) is 15.2. The molecule has 0 radical (unpaired) electrons. The Bertz CT molecular complexity index is 1100. The van der Waals surface area contributed by atoms with Crippen LogP contribution in [-0.2, 0) is 4.79 Å².